The molecule has 73 valence electrons. The van der Waals surface area contributed by atoms with Crippen molar-refractivity contribution in [2.45, 2.75) is 12.5 Å². The van der Waals surface area contributed by atoms with Crippen LogP contribution < -0.4 is 5.73 Å². The van der Waals surface area contributed by atoms with Crippen LogP contribution in [0.2, 0.25) is 0 Å². The summed E-state index contributed by atoms with van der Waals surface area (Å²) in [6.07, 6.45) is 0.273. The monoisotopic (exact) mass is 320 g/mol. The average Bonchev–Trinajstić information content (AvgIpc) is 2.08. The molecule has 0 spiro atoms. The van der Waals surface area contributed by atoms with Crippen LogP contribution in [-0.2, 0) is 11.2 Å². The van der Waals surface area contributed by atoms with E-state index in [-0.39, 0.29) is 47.8 Å². The molecule has 1 atom stereocenters. The molecule has 1 aromatic carbocycles. The maximum absolute atomic E-state index is 10.4. The largest absolute Gasteiger partial charge is 0.508 e. The van der Waals surface area contributed by atoms with Gasteiger partial charge in [-0.15, -0.1) is 0 Å². The van der Waals surface area contributed by atoms with Crippen molar-refractivity contribution < 1.29 is 50.6 Å². The fourth-order valence-corrected chi connectivity index (χ4v) is 0.973. The van der Waals surface area contributed by atoms with Crippen molar-refractivity contribution in [3.63, 3.8) is 0 Å². The summed E-state index contributed by atoms with van der Waals surface area (Å²) in [5, 5.41) is 17.5. The Hall–Kier alpha value is -0.355. The number of nitrogens with two attached hydrogens (primary N) is 1. The minimum absolute atomic E-state index is 0. The Morgan fingerprint density at radius 1 is 1.36 bits per heavy atom. The number of rotatable bonds is 3. The van der Waals surface area contributed by atoms with Crippen molar-refractivity contribution in [1.82, 2.24) is 0 Å². The molecule has 0 aliphatic heterocycles. The second-order valence-corrected chi connectivity index (χ2v) is 2.82. The summed E-state index contributed by atoms with van der Waals surface area (Å²) in [5.41, 5.74) is 6.12. The van der Waals surface area contributed by atoms with Crippen molar-refractivity contribution in [2.75, 3.05) is 0 Å². The molecule has 0 aromatic heterocycles. The maximum atomic E-state index is 10.4. The predicted octanol–water partition coefficient (Wildman–Crippen LogP) is 0.347. The molecule has 0 saturated carbocycles. The normalized spacial score (nSPS) is 11.5. The zero-order valence-corrected chi connectivity index (χ0v) is 11.2. The van der Waals surface area contributed by atoms with Gasteiger partial charge < -0.3 is 15.9 Å². The Kier molecular flexibility index (Phi) is 6.03. The summed E-state index contributed by atoms with van der Waals surface area (Å²) >= 11 is 0. The summed E-state index contributed by atoms with van der Waals surface area (Å²) in [6.45, 7) is 0. The number of phenols is 1. The zero-order chi connectivity index (χ0) is 9.84. The minimum Gasteiger partial charge on any atom is -0.508 e. The number of carboxylic acid groups (broad SMARTS) is 1. The van der Waals surface area contributed by atoms with Crippen LogP contribution in [0.25, 0.3) is 0 Å². The molecular formula is C9H11LaNO3. The van der Waals surface area contributed by atoms with E-state index in [2.05, 4.69) is 0 Å². The van der Waals surface area contributed by atoms with Crippen LogP contribution in [0.1, 0.15) is 5.56 Å². The van der Waals surface area contributed by atoms with Crippen molar-refractivity contribution >= 4 is 5.97 Å². The van der Waals surface area contributed by atoms with E-state index in [1.807, 2.05) is 0 Å². The van der Waals surface area contributed by atoms with Crippen molar-refractivity contribution in [2.24, 2.45) is 5.73 Å². The van der Waals surface area contributed by atoms with E-state index < -0.39 is 12.0 Å². The molecule has 5 heteroatoms. The van der Waals surface area contributed by atoms with E-state index in [0.29, 0.717) is 0 Å². The van der Waals surface area contributed by atoms with Crippen molar-refractivity contribution in [3.8, 4) is 5.75 Å². The molecule has 14 heavy (non-hydrogen) atoms. The van der Waals surface area contributed by atoms with Gasteiger partial charge in [0, 0.05) is 35.6 Å². The SMILES string of the molecule is NC(Cc1ccc(O)cc1)C(=O)O.[La]. The summed E-state index contributed by atoms with van der Waals surface area (Å²) in [6, 6.07) is 5.42. The maximum Gasteiger partial charge on any atom is 0.320 e. The molecule has 1 rings (SSSR count). The van der Waals surface area contributed by atoms with E-state index in [0.717, 1.165) is 5.56 Å². The molecule has 0 fully saturated rings. The summed E-state index contributed by atoms with van der Waals surface area (Å²) in [4.78, 5) is 10.4. The number of phenolic OH excluding ortho intramolecular Hbond substituents is 1. The van der Waals surface area contributed by atoms with Gasteiger partial charge in [-0.05, 0) is 24.1 Å². The van der Waals surface area contributed by atoms with Crippen LogP contribution in [0.5, 0.6) is 5.75 Å². The third kappa shape index (κ3) is 4.24. The molecule has 1 aromatic rings. The van der Waals surface area contributed by atoms with Crippen molar-refractivity contribution in [1.29, 1.82) is 0 Å². The molecule has 0 heterocycles. The van der Waals surface area contributed by atoms with E-state index in [4.69, 9.17) is 15.9 Å². The Morgan fingerprint density at radius 2 is 1.86 bits per heavy atom. The molecule has 0 bridgehead atoms. The topological polar surface area (TPSA) is 83.5 Å². The first kappa shape index (κ1) is 13.6. The van der Waals surface area contributed by atoms with Gasteiger partial charge in [0.15, 0.2) is 0 Å². The minimum atomic E-state index is -1.02. The average molecular weight is 320 g/mol. The Labute approximate surface area is 110 Å². The second-order valence-electron chi connectivity index (χ2n) is 2.82. The first-order valence-electron chi connectivity index (χ1n) is 3.86. The van der Waals surface area contributed by atoms with Gasteiger partial charge in [-0.3, -0.25) is 4.79 Å². The van der Waals surface area contributed by atoms with Crippen LogP contribution in [0.3, 0.4) is 0 Å². The fraction of sp³-hybridized carbons (Fsp3) is 0.222. The van der Waals surface area contributed by atoms with E-state index >= 15 is 0 Å². The molecule has 1 radical (unpaired) electrons. The fourth-order valence-electron chi connectivity index (χ4n) is 0.973. The molecule has 4 nitrogen and oxygen atoms in total. The van der Waals surface area contributed by atoms with Gasteiger partial charge in [0.05, 0.1) is 0 Å². The van der Waals surface area contributed by atoms with Crippen LogP contribution >= 0.6 is 0 Å². The molecular weight excluding hydrogens is 309 g/mol. The quantitative estimate of drug-likeness (QED) is 0.750. The predicted molar refractivity (Wildman–Crippen MR) is 47.4 cm³/mol. The van der Waals surface area contributed by atoms with Gasteiger partial charge in [0.1, 0.15) is 11.8 Å². The molecule has 4 N–H and O–H groups in total. The summed E-state index contributed by atoms with van der Waals surface area (Å²) in [7, 11) is 0. The van der Waals surface area contributed by atoms with Crippen LogP contribution in [0.4, 0.5) is 0 Å². The van der Waals surface area contributed by atoms with Gasteiger partial charge >= 0.3 is 5.97 Å². The van der Waals surface area contributed by atoms with Gasteiger partial charge in [-0.1, -0.05) is 12.1 Å². The van der Waals surface area contributed by atoms with Gasteiger partial charge in [-0.25, -0.2) is 0 Å². The third-order valence-corrected chi connectivity index (χ3v) is 1.71. The number of carboxylic acids is 1. The molecule has 0 amide bonds. The van der Waals surface area contributed by atoms with E-state index in [9.17, 15) is 4.79 Å². The number of aliphatic carboxylic acids is 1. The number of hydrogen-bond donors (Lipinski definition) is 3. The molecule has 1 unspecified atom stereocenters. The number of aromatic hydroxyl groups is 1. The van der Waals surface area contributed by atoms with Crippen LogP contribution in [-0.4, -0.2) is 22.2 Å². The van der Waals surface area contributed by atoms with Gasteiger partial charge in [0.2, 0.25) is 0 Å². The number of hydrogen-bond acceptors (Lipinski definition) is 3. The summed E-state index contributed by atoms with van der Waals surface area (Å²) in [5.74, 6) is -0.860. The smallest absolute Gasteiger partial charge is 0.320 e. The van der Waals surface area contributed by atoms with Crippen LogP contribution in [0, 0.1) is 35.6 Å². The first-order valence-corrected chi connectivity index (χ1v) is 3.86. The number of benzene rings is 1. The van der Waals surface area contributed by atoms with Crippen molar-refractivity contribution in [3.05, 3.63) is 29.8 Å². The molecule has 0 aliphatic rings. The zero-order valence-electron chi connectivity index (χ0n) is 7.55. The Bertz CT molecular complexity index is 299. The Morgan fingerprint density at radius 3 is 2.29 bits per heavy atom. The third-order valence-electron chi connectivity index (χ3n) is 1.71. The summed E-state index contributed by atoms with van der Waals surface area (Å²) < 4.78 is 0. The van der Waals surface area contributed by atoms with Crippen LogP contribution in [0.15, 0.2) is 24.3 Å². The van der Waals surface area contributed by atoms with Gasteiger partial charge in [0.25, 0.3) is 0 Å². The van der Waals surface area contributed by atoms with E-state index in [1.165, 1.54) is 12.1 Å². The number of carbonyl (C=O) groups is 1. The van der Waals surface area contributed by atoms with Gasteiger partial charge in [-0.2, -0.15) is 0 Å². The molecule has 0 aliphatic carbocycles. The Balaban J connectivity index is 0.00000169. The second kappa shape index (κ2) is 6.19. The first-order chi connectivity index (χ1) is 6.09. The van der Waals surface area contributed by atoms with E-state index in [1.54, 1.807) is 12.1 Å². The standard InChI is InChI=1S/C9H11NO3.La/c10-8(9(12)13)5-6-1-3-7(11)4-2-6;/h1-4,8,11H,5,10H2,(H,12,13);. The molecule has 0 saturated heterocycles.